The van der Waals surface area contributed by atoms with Crippen molar-refractivity contribution in [3.63, 3.8) is 0 Å². The number of benzene rings is 1. The predicted octanol–water partition coefficient (Wildman–Crippen LogP) is 2.58. The monoisotopic (exact) mass is 277 g/mol. The second-order valence-electron chi connectivity index (χ2n) is 4.08. The third-order valence-electron chi connectivity index (χ3n) is 2.84. The fraction of sp³-hybridized carbons (Fsp3) is 0. The van der Waals surface area contributed by atoms with Gasteiger partial charge in [0.05, 0.1) is 16.7 Å². The molecule has 0 atom stereocenters. The number of hydrogen-bond donors (Lipinski definition) is 3. The molecule has 2 heterocycles. The average Bonchev–Trinajstić information content (AvgIpc) is 2.75. The van der Waals surface area contributed by atoms with Gasteiger partial charge in [-0.1, -0.05) is 11.6 Å². The van der Waals surface area contributed by atoms with E-state index in [2.05, 4.69) is 15.2 Å². The van der Waals surface area contributed by atoms with Crippen LogP contribution in [0.15, 0.2) is 24.4 Å². The van der Waals surface area contributed by atoms with E-state index in [0.29, 0.717) is 32.9 Å². The Morgan fingerprint density at radius 2 is 2.00 bits per heavy atom. The molecule has 0 saturated heterocycles. The van der Waals surface area contributed by atoms with Crippen molar-refractivity contribution in [1.82, 2.24) is 15.2 Å². The first-order chi connectivity index (χ1) is 9.06. The van der Waals surface area contributed by atoms with Crippen molar-refractivity contribution < 1.29 is 4.39 Å². The summed E-state index contributed by atoms with van der Waals surface area (Å²) in [5.74, 6) is 0.0562. The van der Waals surface area contributed by atoms with Gasteiger partial charge in [-0.2, -0.15) is 5.10 Å². The smallest absolute Gasteiger partial charge is 0.153 e. The van der Waals surface area contributed by atoms with E-state index in [1.807, 2.05) is 0 Å². The fourth-order valence-electron chi connectivity index (χ4n) is 1.93. The molecular formula is C12H9ClFN5. The molecule has 0 bridgehead atoms. The second kappa shape index (κ2) is 4.10. The van der Waals surface area contributed by atoms with E-state index in [1.54, 1.807) is 12.1 Å². The SMILES string of the molecule is Nc1cc(-c2cc(Cl)c3[nH]nc(N)c3c2)c(F)cn1. The number of rotatable bonds is 1. The van der Waals surface area contributed by atoms with Crippen LogP contribution in [0.3, 0.4) is 0 Å². The van der Waals surface area contributed by atoms with Crippen LogP contribution in [0.4, 0.5) is 16.0 Å². The number of halogens is 2. The predicted molar refractivity (Wildman–Crippen MR) is 73.1 cm³/mol. The number of fused-ring (bicyclic) bond motifs is 1. The number of nitrogens with one attached hydrogen (secondary N) is 1. The fourth-order valence-corrected chi connectivity index (χ4v) is 2.19. The highest BCUT2D eigenvalue weighted by Crippen LogP contribution is 2.33. The van der Waals surface area contributed by atoms with Crippen LogP contribution in [0.5, 0.6) is 0 Å². The van der Waals surface area contributed by atoms with Gasteiger partial charge in [0.25, 0.3) is 0 Å². The first-order valence-electron chi connectivity index (χ1n) is 5.41. The molecule has 5 N–H and O–H groups in total. The van der Waals surface area contributed by atoms with Crippen LogP contribution in [0.2, 0.25) is 5.02 Å². The van der Waals surface area contributed by atoms with E-state index >= 15 is 0 Å². The number of aromatic nitrogens is 3. The van der Waals surface area contributed by atoms with Gasteiger partial charge < -0.3 is 11.5 Å². The molecule has 0 unspecified atom stereocenters. The number of anilines is 2. The van der Waals surface area contributed by atoms with Crippen LogP contribution < -0.4 is 11.5 Å². The van der Waals surface area contributed by atoms with Gasteiger partial charge in [0.15, 0.2) is 5.82 Å². The summed E-state index contributed by atoms with van der Waals surface area (Å²) in [6.45, 7) is 0. The second-order valence-corrected chi connectivity index (χ2v) is 4.49. The van der Waals surface area contributed by atoms with E-state index in [4.69, 9.17) is 23.1 Å². The number of pyridine rings is 1. The Labute approximate surface area is 112 Å². The molecule has 0 radical (unpaired) electrons. The van der Waals surface area contributed by atoms with E-state index in [0.717, 1.165) is 6.20 Å². The summed E-state index contributed by atoms with van der Waals surface area (Å²) in [6.07, 6.45) is 1.07. The number of nitrogens with two attached hydrogens (primary N) is 2. The van der Waals surface area contributed by atoms with Gasteiger partial charge in [0.1, 0.15) is 11.6 Å². The minimum atomic E-state index is -0.480. The van der Waals surface area contributed by atoms with Crippen molar-refractivity contribution in [2.24, 2.45) is 0 Å². The zero-order valence-corrected chi connectivity index (χ0v) is 10.4. The van der Waals surface area contributed by atoms with Crippen molar-refractivity contribution in [3.8, 4) is 11.1 Å². The molecular weight excluding hydrogens is 269 g/mol. The maximum absolute atomic E-state index is 13.8. The molecule has 0 fully saturated rings. The molecule has 5 nitrogen and oxygen atoms in total. The van der Waals surface area contributed by atoms with E-state index in [1.165, 1.54) is 6.07 Å². The van der Waals surface area contributed by atoms with Gasteiger partial charge in [-0.25, -0.2) is 9.37 Å². The van der Waals surface area contributed by atoms with Gasteiger partial charge in [-0.3, -0.25) is 5.10 Å². The highest BCUT2D eigenvalue weighted by Gasteiger charge is 2.12. The molecule has 0 aliphatic carbocycles. The summed E-state index contributed by atoms with van der Waals surface area (Å²) in [5.41, 5.74) is 12.8. The summed E-state index contributed by atoms with van der Waals surface area (Å²) < 4.78 is 13.8. The van der Waals surface area contributed by atoms with E-state index in [-0.39, 0.29) is 5.82 Å². The van der Waals surface area contributed by atoms with Crippen LogP contribution in [-0.2, 0) is 0 Å². The van der Waals surface area contributed by atoms with Gasteiger partial charge >= 0.3 is 0 Å². The van der Waals surface area contributed by atoms with Crippen molar-refractivity contribution in [1.29, 1.82) is 0 Å². The lowest BCUT2D eigenvalue weighted by Gasteiger charge is -2.06. The number of aromatic amines is 1. The summed E-state index contributed by atoms with van der Waals surface area (Å²) in [4.78, 5) is 3.68. The Morgan fingerprint density at radius 3 is 2.79 bits per heavy atom. The van der Waals surface area contributed by atoms with Crippen LogP contribution in [0, 0.1) is 5.82 Å². The molecule has 0 aliphatic heterocycles. The Morgan fingerprint density at radius 1 is 1.21 bits per heavy atom. The van der Waals surface area contributed by atoms with Crippen molar-refractivity contribution in [2.45, 2.75) is 0 Å². The number of nitrogen functional groups attached to an aromatic ring is 2. The highest BCUT2D eigenvalue weighted by molar-refractivity contribution is 6.35. The molecule has 19 heavy (non-hydrogen) atoms. The normalized spacial score (nSPS) is 11.1. The minimum absolute atomic E-state index is 0.229. The van der Waals surface area contributed by atoms with Crippen LogP contribution in [-0.4, -0.2) is 15.2 Å². The quantitative estimate of drug-likeness (QED) is 0.637. The van der Waals surface area contributed by atoms with Crippen LogP contribution in [0.25, 0.3) is 22.0 Å². The van der Waals surface area contributed by atoms with Crippen molar-refractivity contribution in [2.75, 3.05) is 11.5 Å². The zero-order chi connectivity index (χ0) is 13.6. The number of hydrogen-bond acceptors (Lipinski definition) is 4. The Kier molecular flexibility index (Phi) is 2.53. The van der Waals surface area contributed by atoms with Crippen LogP contribution in [0.1, 0.15) is 0 Å². The number of H-pyrrole nitrogens is 1. The molecule has 3 rings (SSSR count). The Balaban J connectivity index is 2.30. The molecule has 0 saturated carbocycles. The summed E-state index contributed by atoms with van der Waals surface area (Å²) in [6, 6.07) is 4.78. The lowest BCUT2D eigenvalue weighted by atomic mass is 10.0. The minimum Gasteiger partial charge on any atom is -0.384 e. The third kappa shape index (κ3) is 1.86. The summed E-state index contributed by atoms with van der Waals surface area (Å²) in [7, 11) is 0. The molecule has 0 amide bonds. The Bertz CT molecular complexity index is 783. The molecule has 0 aliphatic rings. The van der Waals surface area contributed by atoms with E-state index < -0.39 is 5.82 Å². The van der Waals surface area contributed by atoms with Crippen molar-refractivity contribution in [3.05, 3.63) is 35.2 Å². The maximum atomic E-state index is 13.8. The standard InChI is InChI=1S/C12H9ClFN5/c13-8-2-5(1-7-11(8)18-19-12(7)16)6-3-10(15)17-4-9(6)14/h1-4H,(H2,15,17)(H3,16,18,19). The molecule has 3 aromatic rings. The molecule has 96 valence electrons. The largest absolute Gasteiger partial charge is 0.384 e. The van der Waals surface area contributed by atoms with Gasteiger partial charge in [0, 0.05) is 10.9 Å². The lowest BCUT2D eigenvalue weighted by Crippen LogP contribution is -1.93. The first kappa shape index (κ1) is 11.7. The highest BCUT2D eigenvalue weighted by atomic mass is 35.5. The lowest BCUT2D eigenvalue weighted by molar-refractivity contribution is 0.625. The van der Waals surface area contributed by atoms with Crippen LogP contribution >= 0.6 is 11.6 Å². The zero-order valence-electron chi connectivity index (χ0n) is 9.61. The molecule has 1 aromatic carbocycles. The topological polar surface area (TPSA) is 93.6 Å². The first-order valence-corrected chi connectivity index (χ1v) is 5.78. The van der Waals surface area contributed by atoms with Gasteiger partial charge in [-0.15, -0.1) is 0 Å². The molecule has 0 spiro atoms. The van der Waals surface area contributed by atoms with Gasteiger partial charge in [0.2, 0.25) is 0 Å². The van der Waals surface area contributed by atoms with E-state index in [9.17, 15) is 4.39 Å². The van der Waals surface area contributed by atoms with Gasteiger partial charge in [-0.05, 0) is 23.8 Å². The molecule has 7 heteroatoms. The average molecular weight is 278 g/mol. The summed E-state index contributed by atoms with van der Waals surface area (Å²) in [5, 5.41) is 7.64. The number of nitrogens with zero attached hydrogens (tertiary/aromatic N) is 2. The van der Waals surface area contributed by atoms with Crippen molar-refractivity contribution >= 4 is 34.1 Å². The summed E-state index contributed by atoms with van der Waals surface area (Å²) >= 11 is 6.12. The third-order valence-corrected chi connectivity index (χ3v) is 3.14. The maximum Gasteiger partial charge on any atom is 0.153 e. The molecule has 2 aromatic heterocycles. The Hall–Kier alpha value is -2.34.